The van der Waals surface area contributed by atoms with Crippen LogP contribution in [0.5, 0.6) is 5.75 Å². The number of carbonyl (C=O) groups is 1. The van der Waals surface area contributed by atoms with Crippen LogP contribution in [0.2, 0.25) is 5.02 Å². The number of phenols is 1. The molecule has 0 spiro atoms. The van der Waals surface area contributed by atoms with Crippen LogP contribution in [0.1, 0.15) is 10.4 Å². The Morgan fingerprint density at radius 1 is 1.33 bits per heavy atom. The summed E-state index contributed by atoms with van der Waals surface area (Å²) >= 11 is 8.98. The molecule has 0 fully saturated rings. The average molecular weight is 372 g/mol. The molecule has 0 saturated heterocycles. The fourth-order valence-electron chi connectivity index (χ4n) is 1.65. The Balaban J connectivity index is 2.40. The van der Waals surface area contributed by atoms with E-state index in [1.165, 1.54) is 6.07 Å². The predicted molar refractivity (Wildman–Crippen MR) is 81.9 cm³/mol. The minimum Gasteiger partial charge on any atom is -0.502 e. The number of hydrogen-bond acceptors (Lipinski definition) is 4. The van der Waals surface area contributed by atoms with Crippen molar-refractivity contribution in [3.8, 4) is 5.75 Å². The van der Waals surface area contributed by atoms with Gasteiger partial charge in [-0.1, -0.05) is 39.7 Å². The first-order valence-electron chi connectivity index (χ1n) is 5.63. The van der Waals surface area contributed by atoms with Crippen molar-refractivity contribution >= 4 is 44.8 Å². The van der Waals surface area contributed by atoms with Gasteiger partial charge in [-0.05, 0) is 18.2 Å². The number of anilines is 1. The Morgan fingerprint density at radius 3 is 2.62 bits per heavy atom. The summed E-state index contributed by atoms with van der Waals surface area (Å²) in [5, 5.41) is 23.5. The molecular formula is C13H8BrClN2O4. The van der Waals surface area contributed by atoms with Crippen LogP contribution >= 0.6 is 27.5 Å². The van der Waals surface area contributed by atoms with Crippen LogP contribution in [0.15, 0.2) is 40.9 Å². The number of hydrogen-bond donors (Lipinski definition) is 2. The van der Waals surface area contributed by atoms with Gasteiger partial charge in [0.25, 0.3) is 5.91 Å². The van der Waals surface area contributed by atoms with Crippen LogP contribution in [-0.2, 0) is 0 Å². The highest BCUT2D eigenvalue weighted by atomic mass is 79.9. The van der Waals surface area contributed by atoms with Crippen LogP contribution in [0.3, 0.4) is 0 Å². The maximum atomic E-state index is 12.1. The van der Waals surface area contributed by atoms with Gasteiger partial charge in [-0.15, -0.1) is 0 Å². The molecule has 0 aliphatic rings. The molecular weight excluding hydrogens is 364 g/mol. The number of benzene rings is 2. The Morgan fingerprint density at radius 2 is 2.00 bits per heavy atom. The minimum atomic E-state index is -0.771. The molecule has 0 saturated carbocycles. The van der Waals surface area contributed by atoms with Gasteiger partial charge >= 0.3 is 5.69 Å². The first-order valence-corrected chi connectivity index (χ1v) is 6.80. The summed E-state index contributed by atoms with van der Waals surface area (Å²) < 4.78 is 0.302. The van der Waals surface area contributed by atoms with Gasteiger partial charge < -0.3 is 10.4 Å². The number of halogens is 2. The van der Waals surface area contributed by atoms with E-state index in [9.17, 15) is 20.0 Å². The maximum Gasteiger partial charge on any atom is 0.312 e. The number of nitro benzene ring substituents is 1. The van der Waals surface area contributed by atoms with E-state index in [4.69, 9.17) is 11.6 Å². The highest BCUT2D eigenvalue weighted by Crippen LogP contribution is 2.34. The summed E-state index contributed by atoms with van der Waals surface area (Å²) in [6.07, 6.45) is 0. The second-order valence-electron chi connectivity index (χ2n) is 4.01. The van der Waals surface area contributed by atoms with Crippen molar-refractivity contribution in [2.24, 2.45) is 0 Å². The number of phenolic OH excluding ortho intramolecular Hbond substituents is 1. The van der Waals surface area contributed by atoms with E-state index in [1.807, 2.05) is 0 Å². The Bertz CT molecular complexity index is 736. The van der Waals surface area contributed by atoms with E-state index in [1.54, 1.807) is 24.3 Å². The van der Waals surface area contributed by atoms with E-state index in [0.29, 0.717) is 15.2 Å². The van der Waals surface area contributed by atoms with Crippen LogP contribution in [0, 0.1) is 10.1 Å². The quantitative estimate of drug-likeness (QED) is 0.631. The Hall–Kier alpha value is -2.12. The highest BCUT2D eigenvalue weighted by Gasteiger charge is 2.23. The summed E-state index contributed by atoms with van der Waals surface area (Å²) in [6.45, 7) is 0. The molecule has 0 aliphatic carbocycles. The van der Waals surface area contributed by atoms with Gasteiger partial charge in [0.15, 0.2) is 0 Å². The third-order valence-corrected chi connectivity index (χ3v) is 3.41. The molecule has 2 N–H and O–H groups in total. The number of nitrogens with zero attached hydrogens (tertiary/aromatic N) is 1. The van der Waals surface area contributed by atoms with Crippen LogP contribution in [0.25, 0.3) is 0 Å². The lowest BCUT2D eigenvalue weighted by atomic mass is 10.1. The van der Waals surface area contributed by atoms with Crippen molar-refractivity contribution in [2.45, 2.75) is 0 Å². The molecule has 0 bridgehead atoms. The van der Waals surface area contributed by atoms with Crippen LogP contribution < -0.4 is 5.32 Å². The number of amides is 1. The molecule has 0 aromatic heterocycles. The topological polar surface area (TPSA) is 92.5 Å². The zero-order chi connectivity index (χ0) is 15.6. The summed E-state index contributed by atoms with van der Waals surface area (Å²) in [6, 6.07) is 8.92. The molecule has 2 aromatic carbocycles. The fraction of sp³-hybridized carbons (Fsp3) is 0. The lowest BCUT2D eigenvalue weighted by Gasteiger charge is -2.09. The number of rotatable bonds is 3. The third kappa shape index (κ3) is 3.32. The molecule has 8 heteroatoms. The Kier molecular flexibility index (Phi) is 4.44. The molecule has 108 valence electrons. The summed E-state index contributed by atoms with van der Waals surface area (Å²) in [5.41, 5.74) is -0.448. The highest BCUT2D eigenvalue weighted by molar-refractivity contribution is 9.10. The fourth-order valence-corrected chi connectivity index (χ4v) is 2.28. The minimum absolute atomic E-state index is 0.226. The number of para-hydroxylation sites is 1. The predicted octanol–water partition coefficient (Wildman–Crippen LogP) is 3.97. The second-order valence-corrected chi connectivity index (χ2v) is 5.34. The van der Waals surface area contributed by atoms with Crippen molar-refractivity contribution in [3.63, 3.8) is 0 Å². The molecule has 0 atom stereocenters. The average Bonchev–Trinajstić information content (AvgIpc) is 2.43. The summed E-state index contributed by atoms with van der Waals surface area (Å²) in [4.78, 5) is 22.2. The summed E-state index contributed by atoms with van der Waals surface area (Å²) in [5.74, 6) is -1.40. The number of aromatic hydroxyl groups is 1. The van der Waals surface area contributed by atoms with Gasteiger partial charge in [0, 0.05) is 10.5 Å². The van der Waals surface area contributed by atoms with Crippen molar-refractivity contribution in [3.05, 3.63) is 61.6 Å². The molecule has 2 rings (SSSR count). The van der Waals surface area contributed by atoms with Crippen molar-refractivity contribution in [2.75, 3.05) is 5.32 Å². The zero-order valence-electron chi connectivity index (χ0n) is 10.3. The smallest absolute Gasteiger partial charge is 0.312 e. The van der Waals surface area contributed by atoms with E-state index in [-0.39, 0.29) is 5.56 Å². The van der Waals surface area contributed by atoms with Crippen molar-refractivity contribution in [1.29, 1.82) is 0 Å². The van der Waals surface area contributed by atoms with Crippen LogP contribution in [0.4, 0.5) is 11.4 Å². The molecule has 21 heavy (non-hydrogen) atoms. The standard InChI is InChI=1S/C13H8BrClN2O4/c14-7-5-8(12(18)11(6-7)17(20)21)13(19)16-10-4-2-1-3-9(10)15/h1-6,18H,(H,16,19). The molecule has 6 nitrogen and oxygen atoms in total. The number of carbonyl (C=O) groups excluding carboxylic acids is 1. The largest absolute Gasteiger partial charge is 0.502 e. The van der Waals surface area contributed by atoms with E-state index in [0.717, 1.165) is 6.07 Å². The van der Waals surface area contributed by atoms with Gasteiger partial charge in [-0.25, -0.2) is 0 Å². The van der Waals surface area contributed by atoms with E-state index in [2.05, 4.69) is 21.2 Å². The zero-order valence-corrected chi connectivity index (χ0v) is 12.7. The second kappa shape index (κ2) is 6.11. The van der Waals surface area contributed by atoms with E-state index >= 15 is 0 Å². The number of nitro groups is 1. The molecule has 0 unspecified atom stereocenters. The van der Waals surface area contributed by atoms with Crippen molar-refractivity contribution < 1.29 is 14.8 Å². The lowest BCUT2D eigenvalue weighted by Crippen LogP contribution is -2.13. The normalized spacial score (nSPS) is 10.2. The SMILES string of the molecule is O=C(Nc1ccccc1Cl)c1cc(Br)cc([N+](=O)[O-])c1O. The van der Waals surface area contributed by atoms with Gasteiger partial charge in [0.05, 0.1) is 21.2 Å². The first-order chi connectivity index (χ1) is 9.90. The first kappa shape index (κ1) is 15.3. The van der Waals surface area contributed by atoms with Gasteiger partial charge in [-0.3, -0.25) is 14.9 Å². The van der Waals surface area contributed by atoms with Gasteiger partial charge in [-0.2, -0.15) is 0 Å². The Labute approximate surface area is 132 Å². The molecule has 0 aliphatic heterocycles. The molecule has 0 heterocycles. The van der Waals surface area contributed by atoms with Crippen molar-refractivity contribution in [1.82, 2.24) is 0 Å². The number of nitrogens with one attached hydrogen (secondary N) is 1. The van der Waals surface area contributed by atoms with Gasteiger partial charge in [0.2, 0.25) is 5.75 Å². The third-order valence-electron chi connectivity index (χ3n) is 2.62. The summed E-state index contributed by atoms with van der Waals surface area (Å²) in [7, 11) is 0. The monoisotopic (exact) mass is 370 g/mol. The lowest BCUT2D eigenvalue weighted by molar-refractivity contribution is -0.386. The molecule has 1 amide bonds. The van der Waals surface area contributed by atoms with E-state index < -0.39 is 22.3 Å². The maximum absolute atomic E-state index is 12.1. The van der Waals surface area contributed by atoms with Crippen LogP contribution in [-0.4, -0.2) is 15.9 Å². The van der Waals surface area contributed by atoms with Gasteiger partial charge in [0.1, 0.15) is 0 Å². The molecule has 0 radical (unpaired) electrons. The molecule has 2 aromatic rings.